The quantitative estimate of drug-likeness (QED) is 0.644. The van der Waals surface area contributed by atoms with Gasteiger partial charge in [-0.2, -0.15) is 0 Å². The summed E-state index contributed by atoms with van der Waals surface area (Å²) in [5, 5.41) is 0.290. The smallest absolute Gasteiger partial charge is 0.314 e. The molecule has 1 aromatic heterocycles. The largest absolute Gasteiger partial charge is 0.469 e. The number of ketones is 1. The number of carbonyl (C=O) groups is 2. The first-order valence-corrected chi connectivity index (χ1v) is 7.17. The Balaban J connectivity index is 2.01. The molecule has 0 bridgehead atoms. The van der Waals surface area contributed by atoms with Crippen LogP contribution in [0.2, 0.25) is 5.02 Å². The van der Waals surface area contributed by atoms with E-state index in [4.69, 9.17) is 16.3 Å². The Labute approximate surface area is 131 Å². The fraction of sp³-hybridized carbons (Fsp3) is 0.250. The number of carbonyl (C=O) groups excluding carboxylic acids is 2. The van der Waals surface area contributed by atoms with Gasteiger partial charge in [-0.25, -0.2) is 4.39 Å². The Bertz CT molecular complexity index is 751. The summed E-state index contributed by atoms with van der Waals surface area (Å²) < 4.78 is 19.5. The van der Waals surface area contributed by atoms with Gasteiger partial charge in [0.15, 0.2) is 0 Å². The normalized spacial score (nSPS) is 16.4. The Hall–Kier alpha value is -2.14. The standard InChI is InChI=1S/C16H13ClFNO3/c1-22-16(21)11-6-7-19-13(11)8-12(17)14(19)15(20)9-2-4-10(18)5-3-9/h2-5,8,11H,6-7H2,1H3. The van der Waals surface area contributed by atoms with Crippen LogP contribution < -0.4 is 0 Å². The number of esters is 1. The first kappa shape index (κ1) is 14.8. The average Bonchev–Trinajstić information content (AvgIpc) is 3.04. The molecule has 6 heteroatoms. The van der Waals surface area contributed by atoms with Gasteiger partial charge < -0.3 is 9.30 Å². The molecule has 0 amide bonds. The Morgan fingerprint density at radius 2 is 2.00 bits per heavy atom. The summed E-state index contributed by atoms with van der Waals surface area (Å²) in [5.41, 5.74) is 1.36. The van der Waals surface area contributed by atoms with Gasteiger partial charge in [-0.15, -0.1) is 0 Å². The minimum absolute atomic E-state index is 0.290. The van der Waals surface area contributed by atoms with Crippen molar-refractivity contribution in [1.29, 1.82) is 0 Å². The molecule has 0 fully saturated rings. The second-order valence-corrected chi connectivity index (χ2v) is 5.53. The van der Waals surface area contributed by atoms with Crippen LogP contribution in [0.15, 0.2) is 30.3 Å². The fourth-order valence-electron chi connectivity index (χ4n) is 2.82. The van der Waals surface area contributed by atoms with Crippen LogP contribution in [0.1, 0.15) is 34.1 Å². The maximum Gasteiger partial charge on any atom is 0.314 e. The lowest BCUT2D eigenvalue weighted by atomic mass is 10.1. The highest BCUT2D eigenvalue weighted by Crippen LogP contribution is 2.36. The fourth-order valence-corrected chi connectivity index (χ4v) is 3.12. The van der Waals surface area contributed by atoms with Crippen LogP contribution in [-0.2, 0) is 16.1 Å². The molecule has 1 atom stereocenters. The van der Waals surface area contributed by atoms with Crippen molar-refractivity contribution in [3.8, 4) is 0 Å². The lowest BCUT2D eigenvalue weighted by Gasteiger charge is -2.07. The van der Waals surface area contributed by atoms with E-state index in [-0.39, 0.29) is 16.8 Å². The molecular formula is C16H13ClFNO3. The number of ether oxygens (including phenoxy) is 1. The highest BCUT2D eigenvalue weighted by atomic mass is 35.5. The Kier molecular flexibility index (Phi) is 3.74. The van der Waals surface area contributed by atoms with Crippen molar-refractivity contribution in [2.24, 2.45) is 0 Å². The highest BCUT2D eigenvalue weighted by Gasteiger charge is 2.34. The summed E-state index contributed by atoms with van der Waals surface area (Å²) in [7, 11) is 1.33. The highest BCUT2D eigenvalue weighted by molar-refractivity contribution is 6.35. The Morgan fingerprint density at radius 1 is 1.32 bits per heavy atom. The second kappa shape index (κ2) is 5.57. The minimum atomic E-state index is -0.409. The molecule has 0 radical (unpaired) electrons. The molecule has 22 heavy (non-hydrogen) atoms. The van der Waals surface area contributed by atoms with Crippen LogP contribution in [0.25, 0.3) is 0 Å². The summed E-state index contributed by atoms with van der Waals surface area (Å²) in [6, 6.07) is 6.92. The van der Waals surface area contributed by atoms with E-state index in [1.807, 2.05) is 0 Å². The second-order valence-electron chi connectivity index (χ2n) is 5.12. The minimum Gasteiger partial charge on any atom is -0.469 e. The lowest BCUT2D eigenvalue weighted by molar-refractivity contribution is -0.142. The zero-order valence-corrected chi connectivity index (χ0v) is 12.6. The van der Waals surface area contributed by atoms with Gasteiger partial charge in [-0.1, -0.05) is 11.6 Å². The van der Waals surface area contributed by atoms with E-state index in [2.05, 4.69) is 0 Å². The molecule has 2 heterocycles. The SMILES string of the molecule is COC(=O)C1CCn2c1cc(Cl)c2C(=O)c1ccc(F)cc1. The summed E-state index contributed by atoms with van der Waals surface area (Å²) in [4.78, 5) is 24.4. The molecule has 1 unspecified atom stereocenters. The van der Waals surface area contributed by atoms with Gasteiger partial charge >= 0.3 is 5.97 Å². The van der Waals surface area contributed by atoms with Crippen molar-refractivity contribution in [1.82, 2.24) is 4.57 Å². The number of benzene rings is 1. The van der Waals surface area contributed by atoms with Crippen molar-refractivity contribution in [2.45, 2.75) is 18.9 Å². The molecule has 4 nitrogen and oxygen atoms in total. The van der Waals surface area contributed by atoms with Crippen LogP contribution in [-0.4, -0.2) is 23.4 Å². The van der Waals surface area contributed by atoms with E-state index < -0.39 is 11.7 Å². The molecule has 1 aliphatic heterocycles. The first-order valence-electron chi connectivity index (χ1n) is 6.80. The molecule has 0 saturated carbocycles. The van der Waals surface area contributed by atoms with Crippen molar-refractivity contribution >= 4 is 23.4 Å². The predicted octanol–water partition coefficient (Wildman–Crippen LogP) is 3.17. The lowest BCUT2D eigenvalue weighted by Crippen LogP contribution is -2.11. The van der Waals surface area contributed by atoms with Gasteiger partial charge in [-0.3, -0.25) is 9.59 Å². The number of aromatic nitrogens is 1. The number of hydrogen-bond donors (Lipinski definition) is 0. The van der Waals surface area contributed by atoms with E-state index in [1.165, 1.54) is 31.4 Å². The number of halogens is 2. The molecule has 0 saturated heterocycles. The van der Waals surface area contributed by atoms with Gasteiger partial charge in [0.05, 0.1) is 18.1 Å². The van der Waals surface area contributed by atoms with Gasteiger partial charge in [0.1, 0.15) is 11.5 Å². The maximum atomic E-state index is 13.0. The third-order valence-electron chi connectivity index (χ3n) is 3.89. The number of nitrogens with zero attached hydrogens (tertiary/aromatic N) is 1. The Morgan fingerprint density at radius 3 is 2.64 bits per heavy atom. The summed E-state index contributed by atoms with van der Waals surface area (Å²) in [6.07, 6.45) is 0.572. The van der Waals surface area contributed by atoms with E-state index in [9.17, 15) is 14.0 Å². The molecule has 0 N–H and O–H groups in total. The number of rotatable bonds is 3. The number of fused-ring (bicyclic) bond motifs is 1. The summed E-state index contributed by atoms with van der Waals surface area (Å²) >= 11 is 6.18. The van der Waals surface area contributed by atoms with Gasteiger partial charge in [0, 0.05) is 17.8 Å². The molecular weight excluding hydrogens is 309 g/mol. The molecule has 0 aliphatic carbocycles. The van der Waals surface area contributed by atoms with Crippen molar-refractivity contribution in [3.63, 3.8) is 0 Å². The van der Waals surface area contributed by atoms with Crippen LogP contribution >= 0.6 is 11.6 Å². The third-order valence-corrected chi connectivity index (χ3v) is 4.18. The number of methoxy groups -OCH3 is 1. The molecule has 2 aromatic rings. The topological polar surface area (TPSA) is 48.3 Å². The van der Waals surface area contributed by atoms with Crippen LogP contribution in [0.3, 0.4) is 0 Å². The predicted molar refractivity (Wildman–Crippen MR) is 78.6 cm³/mol. The van der Waals surface area contributed by atoms with Crippen molar-refractivity contribution < 1.29 is 18.7 Å². The van der Waals surface area contributed by atoms with Gasteiger partial charge in [0.2, 0.25) is 5.78 Å². The van der Waals surface area contributed by atoms with E-state index in [1.54, 1.807) is 10.6 Å². The summed E-state index contributed by atoms with van der Waals surface area (Å²) in [5.74, 6) is -1.44. The number of hydrogen-bond acceptors (Lipinski definition) is 3. The van der Waals surface area contributed by atoms with Crippen LogP contribution in [0.4, 0.5) is 4.39 Å². The molecule has 1 aromatic carbocycles. The van der Waals surface area contributed by atoms with Crippen LogP contribution in [0.5, 0.6) is 0 Å². The van der Waals surface area contributed by atoms with Gasteiger partial charge in [-0.05, 0) is 36.8 Å². The van der Waals surface area contributed by atoms with Crippen LogP contribution in [0, 0.1) is 5.82 Å². The van der Waals surface area contributed by atoms with Crippen molar-refractivity contribution in [2.75, 3.05) is 7.11 Å². The van der Waals surface area contributed by atoms with Crippen molar-refractivity contribution in [3.05, 3.63) is 58.1 Å². The summed E-state index contributed by atoms with van der Waals surface area (Å²) in [6.45, 7) is 0.518. The molecule has 3 rings (SSSR count). The zero-order chi connectivity index (χ0) is 15.9. The zero-order valence-electron chi connectivity index (χ0n) is 11.8. The molecule has 0 spiro atoms. The molecule has 114 valence electrons. The average molecular weight is 322 g/mol. The molecule has 1 aliphatic rings. The monoisotopic (exact) mass is 321 g/mol. The van der Waals surface area contributed by atoms with Gasteiger partial charge in [0.25, 0.3) is 0 Å². The van der Waals surface area contributed by atoms with E-state index >= 15 is 0 Å². The van der Waals surface area contributed by atoms with E-state index in [0.717, 1.165) is 0 Å². The first-order chi connectivity index (χ1) is 10.5. The third kappa shape index (κ3) is 2.31. The maximum absolute atomic E-state index is 13.0. The van der Waals surface area contributed by atoms with E-state index in [0.29, 0.717) is 29.9 Å².